The van der Waals surface area contributed by atoms with E-state index in [1.165, 1.54) is 0 Å². The first kappa shape index (κ1) is 12.5. The molecule has 0 spiro atoms. The minimum absolute atomic E-state index is 0.262. The Morgan fingerprint density at radius 1 is 1.00 bits per heavy atom. The number of fused-ring (bicyclic) bond motifs is 3. The summed E-state index contributed by atoms with van der Waals surface area (Å²) >= 11 is 0. The van der Waals surface area contributed by atoms with E-state index in [1.54, 1.807) is 35.0 Å². The van der Waals surface area contributed by atoms with E-state index < -0.39 is 5.97 Å². The van der Waals surface area contributed by atoms with Gasteiger partial charge in [0, 0.05) is 17.0 Å². The van der Waals surface area contributed by atoms with Gasteiger partial charge in [-0.2, -0.15) is 5.10 Å². The Morgan fingerprint density at radius 2 is 1.77 bits per heavy atom. The molecule has 0 unspecified atom stereocenters. The predicted octanol–water partition coefficient (Wildman–Crippen LogP) is 3.25. The zero-order valence-corrected chi connectivity index (χ0v) is 11.5. The second-order valence-corrected chi connectivity index (χ2v) is 4.96. The first-order chi connectivity index (χ1) is 10.7. The normalized spacial score (nSPS) is 11.1. The van der Waals surface area contributed by atoms with Crippen molar-refractivity contribution in [2.45, 2.75) is 0 Å². The van der Waals surface area contributed by atoms with Crippen LogP contribution in [0.3, 0.4) is 0 Å². The fourth-order valence-corrected chi connectivity index (χ4v) is 2.59. The van der Waals surface area contributed by atoms with Gasteiger partial charge in [0.1, 0.15) is 0 Å². The zero-order valence-electron chi connectivity index (χ0n) is 11.5. The molecule has 0 atom stereocenters. The van der Waals surface area contributed by atoms with Crippen LogP contribution < -0.4 is 0 Å². The Kier molecular flexibility index (Phi) is 2.66. The molecule has 0 saturated carbocycles. The Bertz CT molecular complexity index is 1000. The van der Waals surface area contributed by atoms with E-state index in [2.05, 4.69) is 10.1 Å². The molecule has 22 heavy (non-hydrogen) atoms. The SMILES string of the molecule is O=C(O)c1ccc(-c2nc3ccnn3c3ccccc23)cc1. The van der Waals surface area contributed by atoms with Gasteiger partial charge in [0.05, 0.1) is 23.0 Å². The number of carbonyl (C=O) groups is 1. The summed E-state index contributed by atoms with van der Waals surface area (Å²) < 4.78 is 1.80. The van der Waals surface area contributed by atoms with Crippen molar-refractivity contribution in [3.05, 3.63) is 66.4 Å². The fraction of sp³-hybridized carbons (Fsp3) is 0. The van der Waals surface area contributed by atoms with Gasteiger partial charge in [0.2, 0.25) is 0 Å². The maximum Gasteiger partial charge on any atom is 0.335 e. The summed E-state index contributed by atoms with van der Waals surface area (Å²) in [6.07, 6.45) is 1.71. The second-order valence-electron chi connectivity index (χ2n) is 4.96. The van der Waals surface area contributed by atoms with Crippen LogP contribution in [0.5, 0.6) is 0 Å². The number of para-hydroxylation sites is 1. The molecular weight excluding hydrogens is 278 g/mol. The molecule has 0 aliphatic rings. The van der Waals surface area contributed by atoms with Crippen molar-refractivity contribution < 1.29 is 9.90 Å². The summed E-state index contributed by atoms with van der Waals surface area (Å²) in [7, 11) is 0. The standard InChI is InChI=1S/C17H11N3O2/c21-17(22)12-7-5-11(6-8-12)16-13-3-1-2-4-14(13)20-15(19-16)9-10-18-20/h1-10H,(H,21,22). The number of carboxylic acids is 1. The predicted molar refractivity (Wildman–Crippen MR) is 82.9 cm³/mol. The van der Waals surface area contributed by atoms with Crippen LogP contribution in [-0.2, 0) is 0 Å². The molecule has 0 amide bonds. The first-order valence-corrected chi connectivity index (χ1v) is 6.80. The molecule has 4 aromatic rings. The van der Waals surface area contributed by atoms with Crippen molar-refractivity contribution in [3.63, 3.8) is 0 Å². The summed E-state index contributed by atoms with van der Waals surface area (Å²) in [5.41, 5.74) is 3.69. The third-order valence-corrected chi connectivity index (χ3v) is 3.64. The molecule has 0 bridgehead atoms. The zero-order chi connectivity index (χ0) is 15.1. The maximum absolute atomic E-state index is 11.0. The van der Waals surface area contributed by atoms with E-state index in [1.807, 2.05) is 30.3 Å². The van der Waals surface area contributed by atoms with E-state index >= 15 is 0 Å². The van der Waals surface area contributed by atoms with Crippen LogP contribution in [0, 0.1) is 0 Å². The molecular formula is C17H11N3O2. The van der Waals surface area contributed by atoms with Gasteiger partial charge in [-0.05, 0) is 18.2 Å². The molecule has 1 N–H and O–H groups in total. The van der Waals surface area contributed by atoms with E-state index in [9.17, 15) is 4.79 Å². The minimum Gasteiger partial charge on any atom is -0.478 e. The molecule has 0 saturated heterocycles. The highest BCUT2D eigenvalue weighted by atomic mass is 16.4. The second kappa shape index (κ2) is 4.66. The molecule has 5 heteroatoms. The Labute approximate surface area is 125 Å². The molecule has 5 nitrogen and oxygen atoms in total. The quantitative estimate of drug-likeness (QED) is 0.615. The molecule has 106 valence electrons. The number of carboxylic acid groups (broad SMARTS) is 1. The van der Waals surface area contributed by atoms with Crippen LogP contribution >= 0.6 is 0 Å². The van der Waals surface area contributed by atoms with Gasteiger partial charge in [-0.3, -0.25) is 0 Å². The van der Waals surface area contributed by atoms with Crippen molar-refractivity contribution >= 4 is 22.5 Å². The van der Waals surface area contributed by atoms with Crippen molar-refractivity contribution in [3.8, 4) is 11.3 Å². The number of benzene rings is 2. The third-order valence-electron chi connectivity index (χ3n) is 3.64. The average molecular weight is 289 g/mol. The maximum atomic E-state index is 11.0. The van der Waals surface area contributed by atoms with Gasteiger partial charge >= 0.3 is 5.97 Å². The molecule has 2 aromatic carbocycles. The van der Waals surface area contributed by atoms with Gasteiger partial charge in [0.15, 0.2) is 5.65 Å². The number of aromatic carboxylic acids is 1. The fourth-order valence-electron chi connectivity index (χ4n) is 2.59. The largest absolute Gasteiger partial charge is 0.478 e. The number of nitrogens with zero attached hydrogens (tertiary/aromatic N) is 3. The lowest BCUT2D eigenvalue weighted by Gasteiger charge is -2.08. The lowest BCUT2D eigenvalue weighted by Crippen LogP contribution is -1.98. The van der Waals surface area contributed by atoms with Crippen molar-refractivity contribution in [1.29, 1.82) is 0 Å². The van der Waals surface area contributed by atoms with E-state index in [0.29, 0.717) is 0 Å². The summed E-state index contributed by atoms with van der Waals surface area (Å²) in [6, 6.07) is 16.5. The van der Waals surface area contributed by atoms with Crippen LogP contribution in [0.15, 0.2) is 60.8 Å². The van der Waals surface area contributed by atoms with Crippen molar-refractivity contribution in [2.24, 2.45) is 0 Å². The number of aromatic nitrogens is 3. The van der Waals surface area contributed by atoms with Crippen LogP contribution in [0.25, 0.3) is 27.8 Å². The molecule has 0 aliphatic heterocycles. The average Bonchev–Trinajstić information content (AvgIpc) is 3.03. The topological polar surface area (TPSA) is 67.5 Å². The molecule has 2 heterocycles. The van der Waals surface area contributed by atoms with Gasteiger partial charge in [-0.1, -0.05) is 30.3 Å². The lowest BCUT2D eigenvalue weighted by molar-refractivity contribution is 0.0697. The molecule has 0 fully saturated rings. The van der Waals surface area contributed by atoms with Crippen LogP contribution in [0.2, 0.25) is 0 Å². The van der Waals surface area contributed by atoms with Gasteiger partial charge in [0.25, 0.3) is 0 Å². The summed E-state index contributed by atoms with van der Waals surface area (Å²) in [4.78, 5) is 15.6. The minimum atomic E-state index is -0.935. The summed E-state index contributed by atoms with van der Waals surface area (Å²) in [6.45, 7) is 0. The Hall–Kier alpha value is -3.21. The summed E-state index contributed by atoms with van der Waals surface area (Å²) in [5, 5.41) is 14.3. The molecule has 2 aromatic heterocycles. The van der Waals surface area contributed by atoms with E-state index in [0.717, 1.165) is 27.8 Å². The van der Waals surface area contributed by atoms with Crippen molar-refractivity contribution in [1.82, 2.24) is 14.6 Å². The lowest BCUT2D eigenvalue weighted by atomic mass is 10.0. The van der Waals surface area contributed by atoms with Crippen molar-refractivity contribution in [2.75, 3.05) is 0 Å². The smallest absolute Gasteiger partial charge is 0.335 e. The first-order valence-electron chi connectivity index (χ1n) is 6.80. The van der Waals surface area contributed by atoms with Gasteiger partial charge in [-0.15, -0.1) is 0 Å². The van der Waals surface area contributed by atoms with Gasteiger partial charge < -0.3 is 5.11 Å². The van der Waals surface area contributed by atoms with E-state index in [-0.39, 0.29) is 5.56 Å². The number of rotatable bonds is 2. The Morgan fingerprint density at radius 3 is 2.55 bits per heavy atom. The third kappa shape index (κ3) is 1.83. The highest BCUT2D eigenvalue weighted by molar-refractivity contribution is 5.95. The van der Waals surface area contributed by atoms with Gasteiger partial charge in [-0.25, -0.2) is 14.3 Å². The van der Waals surface area contributed by atoms with Crippen LogP contribution in [-0.4, -0.2) is 25.7 Å². The molecule has 0 aliphatic carbocycles. The number of hydrogen-bond acceptors (Lipinski definition) is 3. The highest BCUT2D eigenvalue weighted by Crippen LogP contribution is 2.27. The Balaban J connectivity index is 2.01. The van der Waals surface area contributed by atoms with Crippen LogP contribution in [0.4, 0.5) is 0 Å². The molecule has 4 rings (SSSR count). The van der Waals surface area contributed by atoms with E-state index in [4.69, 9.17) is 5.11 Å². The summed E-state index contributed by atoms with van der Waals surface area (Å²) in [5.74, 6) is -0.935. The monoisotopic (exact) mass is 289 g/mol. The highest BCUT2D eigenvalue weighted by Gasteiger charge is 2.11. The van der Waals surface area contributed by atoms with Crippen LogP contribution in [0.1, 0.15) is 10.4 Å². The molecule has 0 radical (unpaired) electrons. The number of hydrogen-bond donors (Lipinski definition) is 1.